The van der Waals surface area contributed by atoms with Crippen molar-refractivity contribution in [2.45, 2.75) is 32.2 Å². The van der Waals surface area contributed by atoms with Crippen LogP contribution in [0.4, 0.5) is 5.82 Å². The monoisotopic (exact) mass is 346 g/mol. The molecule has 2 fully saturated rings. The van der Waals surface area contributed by atoms with Crippen LogP contribution in [0.25, 0.3) is 10.2 Å². The van der Waals surface area contributed by atoms with Gasteiger partial charge in [-0.3, -0.25) is 4.79 Å². The van der Waals surface area contributed by atoms with Crippen LogP contribution in [-0.2, 0) is 4.74 Å². The first-order chi connectivity index (χ1) is 11.7. The van der Waals surface area contributed by atoms with E-state index in [1.807, 2.05) is 6.92 Å². The third-order valence-corrected chi connectivity index (χ3v) is 6.38. The van der Waals surface area contributed by atoms with Crippen LogP contribution in [0.5, 0.6) is 0 Å². The second-order valence-corrected chi connectivity index (χ2v) is 7.67. The molecule has 6 nitrogen and oxygen atoms in total. The van der Waals surface area contributed by atoms with Crippen molar-refractivity contribution in [3.63, 3.8) is 0 Å². The first-order valence-corrected chi connectivity index (χ1v) is 9.28. The van der Waals surface area contributed by atoms with Gasteiger partial charge in [0, 0.05) is 26.2 Å². The Morgan fingerprint density at radius 1 is 1.46 bits per heavy atom. The average Bonchev–Trinajstić information content (AvgIpc) is 3.29. The Labute approximate surface area is 145 Å². The number of aromatic nitrogens is 2. The highest BCUT2D eigenvalue weighted by molar-refractivity contribution is 7.20. The zero-order chi connectivity index (χ0) is 16.7. The summed E-state index contributed by atoms with van der Waals surface area (Å²) in [7, 11) is 1.67. The van der Waals surface area contributed by atoms with E-state index in [1.54, 1.807) is 13.4 Å². The summed E-state index contributed by atoms with van der Waals surface area (Å²) >= 11 is 1.49. The molecule has 0 spiro atoms. The second kappa shape index (κ2) is 6.29. The number of nitrogens with one attached hydrogen (secondary N) is 1. The maximum Gasteiger partial charge on any atom is 0.264 e. The molecule has 0 unspecified atom stereocenters. The van der Waals surface area contributed by atoms with E-state index < -0.39 is 0 Å². The van der Waals surface area contributed by atoms with E-state index in [9.17, 15) is 4.79 Å². The summed E-state index contributed by atoms with van der Waals surface area (Å²) in [6, 6.07) is 0.442. The maximum atomic E-state index is 13.0. The first-order valence-electron chi connectivity index (χ1n) is 8.47. The standard InChI is InChI=1S/C17H22N4O2S/c1-10-13-15(18-5-6-23-2)19-9-20-16(13)24-14(10)17(22)21-8-11-3-4-12(21)7-11/h9,11-12H,3-8H2,1-2H3,(H,18,19,20)/t11-,12+/m0/s1. The van der Waals surface area contributed by atoms with E-state index in [-0.39, 0.29) is 5.91 Å². The number of amides is 1. The lowest BCUT2D eigenvalue weighted by atomic mass is 10.1. The number of aryl methyl sites for hydroxylation is 1. The zero-order valence-electron chi connectivity index (χ0n) is 14.0. The number of anilines is 1. The van der Waals surface area contributed by atoms with Crippen LogP contribution in [0.2, 0.25) is 0 Å². The molecule has 1 aliphatic heterocycles. The number of methoxy groups -OCH3 is 1. The molecule has 1 saturated heterocycles. The van der Waals surface area contributed by atoms with Gasteiger partial charge < -0.3 is 15.0 Å². The van der Waals surface area contributed by atoms with Crippen molar-refractivity contribution in [3.05, 3.63) is 16.8 Å². The molecule has 4 rings (SSSR count). The highest BCUT2D eigenvalue weighted by Crippen LogP contribution is 2.40. The summed E-state index contributed by atoms with van der Waals surface area (Å²) in [4.78, 5) is 25.5. The molecular formula is C17H22N4O2S. The van der Waals surface area contributed by atoms with Crippen LogP contribution in [0.3, 0.4) is 0 Å². The van der Waals surface area contributed by atoms with Crippen molar-refractivity contribution < 1.29 is 9.53 Å². The molecule has 128 valence electrons. The van der Waals surface area contributed by atoms with Gasteiger partial charge in [0.25, 0.3) is 5.91 Å². The summed E-state index contributed by atoms with van der Waals surface area (Å²) in [5.74, 6) is 1.66. The second-order valence-electron chi connectivity index (χ2n) is 6.67. The molecule has 1 N–H and O–H groups in total. The summed E-state index contributed by atoms with van der Waals surface area (Å²) in [6.07, 6.45) is 5.17. The number of rotatable bonds is 5. The van der Waals surface area contributed by atoms with Gasteiger partial charge in [-0.15, -0.1) is 11.3 Å². The number of fused-ring (bicyclic) bond motifs is 3. The minimum atomic E-state index is 0.172. The van der Waals surface area contributed by atoms with Gasteiger partial charge in [0.15, 0.2) is 0 Å². The van der Waals surface area contributed by atoms with Crippen molar-refractivity contribution in [1.82, 2.24) is 14.9 Å². The van der Waals surface area contributed by atoms with E-state index in [1.165, 1.54) is 24.2 Å². The molecule has 2 aromatic rings. The number of piperidine rings is 1. The third kappa shape index (κ3) is 2.56. The van der Waals surface area contributed by atoms with Crippen LogP contribution < -0.4 is 5.32 Å². The van der Waals surface area contributed by atoms with E-state index in [2.05, 4.69) is 20.2 Å². The molecule has 2 bridgehead atoms. The average molecular weight is 346 g/mol. The minimum absolute atomic E-state index is 0.172. The van der Waals surface area contributed by atoms with Crippen LogP contribution in [0, 0.1) is 12.8 Å². The van der Waals surface area contributed by atoms with Crippen LogP contribution in [0.15, 0.2) is 6.33 Å². The predicted molar refractivity (Wildman–Crippen MR) is 94.7 cm³/mol. The Morgan fingerprint density at radius 3 is 3.04 bits per heavy atom. The van der Waals surface area contributed by atoms with Gasteiger partial charge in [-0.05, 0) is 37.7 Å². The number of likely N-dealkylation sites (tertiary alicyclic amines) is 1. The molecule has 7 heteroatoms. The normalized spacial score (nSPS) is 22.5. The topological polar surface area (TPSA) is 67.3 Å². The van der Waals surface area contributed by atoms with Gasteiger partial charge in [0.1, 0.15) is 17.0 Å². The quantitative estimate of drug-likeness (QED) is 0.843. The lowest BCUT2D eigenvalue weighted by Crippen LogP contribution is -2.37. The zero-order valence-corrected chi connectivity index (χ0v) is 14.9. The lowest BCUT2D eigenvalue weighted by molar-refractivity contribution is 0.0708. The van der Waals surface area contributed by atoms with Crippen LogP contribution >= 0.6 is 11.3 Å². The minimum Gasteiger partial charge on any atom is -0.383 e. The number of carbonyl (C=O) groups excluding carboxylic acids is 1. The Morgan fingerprint density at radius 2 is 2.33 bits per heavy atom. The van der Waals surface area contributed by atoms with Crippen molar-refractivity contribution in [2.75, 3.05) is 32.1 Å². The first kappa shape index (κ1) is 15.8. The Balaban J connectivity index is 1.65. The maximum absolute atomic E-state index is 13.0. The van der Waals surface area contributed by atoms with Crippen LogP contribution in [0.1, 0.15) is 34.5 Å². The van der Waals surface area contributed by atoms with Crippen molar-refractivity contribution >= 4 is 33.3 Å². The summed E-state index contributed by atoms with van der Waals surface area (Å²) in [5.41, 5.74) is 0.989. The Kier molecular flexibility index (Phi) is 4.14. The SMILES string of the molecule is COCCNc1ncnc2sc(C(=O)N3C[C@H]4CC[C@@H]3C4)c(C)c12. The molecule has 1 aliphatic carbocycles. The summed E-state index contributed by atoms with van der Waals surface area (Å²) in [5, 5.41) is 4.25. The number of thiophene rings is 1. The van der Waals surface area contributed by atoms with Gasteiger partial charge in [0.05, 0.1) is 16.9 Å². The van der Waals surface area contributed by atoms with Crippen molar-refractivity contribution in [1.29, 1.82) is 0 Å². The smallest absolute Gasteiger partial charge is 0.264 e. The number of hydrogen-bond donors (Lipinski definition) is 1. The predicted octanol–water partition coefficient (Wildman–Crippen LogP) is 2.68. The molecule has 2 aromatic heterocycles. The molecule has 2 aliphatic rings. The summed E-state index contributed by atoms with van der Waals surface area (Å²) in [6.45, 7) is 4.21. The van der Waals surface area contributed by atoms with E-state index in [0.29, 0.717) is 25.1 Å². The molecule has 0 radical (unpaired) electrons. The van der Waals surface area contributed by atoms with E-state index in [4.69, 9.17) is 4.74 Å². The molecule has 1 saturated carbocycles. The molecular weight excluding hydrogens is 324 g/mol. The fraction of sp³-hybridized carbons (Fsp3) is 0.588. The molecule has 3 heterocycles. The van der Waals surface area contributed by atoms with Gasteiger partial charge in [-0.2, -0.15) is 0 Å². The van der Waals surface area contributed by atoms with E-state index >= 15 is 0 Å². The van der Waals surface area contributed by atoms with Crippen molar-refractivity contribution in [2.24, 2.45) is 5.92 Å². The van der Waals surface area contributed by atoms with Crippen LogP contribution in [-0.4, -0.2) is 53.6 Å². The van der Waals surface area contributed by atoms with Gasteiger partial charge in [0.2, 0.25) is 0 Å². The van der Waals surface area contributed by atoms with Crippen molar-refractivity contribution in [3.8, 4) is 0 Å². The van der Waals surface area contributed by atoms with E-state index in [0.717, 1.165) is 39.4 Å². The largest absolute Gasteiger partial charge is 0.383 e. The Hall–Kier alpha value is -1.73. The fourth-order valence-corrected chi connectivity index (χ4v) is 5.09. The summed E-state index contributed by atoms with van der Waals surface area (Å²) < 4.78 is 5.08. The van der Waals surface area contributed by atoms with Gasteiger partial charge in [-0.25, -0.2) is 9.97 Å². The number of ether oxygens (including phenoxy) is 1. The number of carbonyl (C=O) groups is 1. The fourth-order valence-electron chi connectivity index (χ4n) is 3.99. The Bertz CT molecular complexity index is 775. The van der Waals surface area contributed by atoms with Gasteiger partial charge >= 0.3 is 0 Å². The number of nitrogens with zero attached hydrogens (tertiary/aromatic N) is 3. The molecule has 24 heavy (non-hydrogen) atoms. The lowest BCUT2D eigenvalue weighted by Gasteiger charge is -2.26. The molecule has 2 atom stereocenters. The number of hydrogen-bond acceptors (Lipinski definition) is 6. The molecule has 1 amide bonds. The van der Waals surface area contributed by atoms with Gasteiger partial charge in [-0.1, -0.05) is 0 Å². The molecule has 0 aromatic carbocycles. The third-order valence-electron chi connectivity index (χ3n) is 5.19. The highest BCUT2D eigenvalue weighted by atomic mass is 32.1. The highest BCUT2D eigenvalue weighted by Gasteiger charge is 2.41.